The molecule has 0 fully saturated rings. The summed E-state index contributed by atoms with van der Waals surface area (Å²) in [6, 6.07) is 0. The number of nitrogens with zero attached hydrogens (tertiary/aromatic N) is 1. The van der Waals surface area contributed by atoms with Gasteiger partial charge in [0.2, 0.25) is 0 Å². The van der Waals surface area contributed by atoms with Gasteiger partial charge >= 0.3 is 6.09 Å². The lowest BCUT2D eigenvalue weighted by Gasteiger charge is -2.19. The lowest BCUT2D eigenvalue weighted by atomic mass is 10.2. The Labute approximate surface area is 113 Å². The molecule has 6 nitrogen and oxygen atoms in total. The molecule has 0 aliphatic heterocycles. The zero-order valence-electron chi connectivity index (χ0n) is 11.2. The van der Waals surface area contributed by atoms with E-state index in [9.17, 15) is 4.79 Å². The summed E-state index contributed by atoms with van der Waals surface area (Å²) in [4.78, 5) is 15.2. The summed E-state index contributed by atoms with van der Waals surface area (Å²) < 4.78 is 5.08. The van der Waals surface area contributed by atoms with E-state index in [1.165, 1.54) is 6.21 Å². The molecule has 0 spiro atoms. The van der Waals surface area contributed by atoms with Crippen molar-refractivity contribution in [1.29, 1.82) is 0 Å². The van der Waals surface area contributed by atoms with Crippen LogP contribution in [0.15, 0.2) is 4.99 Å². The summed E-state index contributed by atoms with van der Waals surface area (Å²) in [7, 11) is 0. The fourth-order valence-electron chi connectivity index (χ4n) is 0.970. The number of hydrogen-bond acceptors (Lipinski definition) is 4. The number of carbonyl (C=O) groups excluding carboxylic acids is 1. The predicted octanol–water partition coefficient (Wildman–Crippen LogP) is 0.805. The molecule has 18 heavy (non-hydrogen) atoms. The first kappa shape index (κ1) is 16.8. The molecule has 0 rings (SSSR count). The van der Waals surface area contributed by atoms with Crippen molar-refractivity contribution < 1.29 is 9.53 Å². The molecule has 0 heterocycles. The minimum absolute atomic E-state index is 0.363. The van der Waals surface area contributed by atoms with Crippen LogP contribution in [0, 0.1) is 0 Å². The second-order valence-electron chi connectivity index (χ2n) is 4.56. The van der Waals surface area contributed by atoms with Gasteiger partial charge in [-0.05, 0) is 39.4 Å². The zero-order chi connectivity index (χ0) is 14.0. The van der Waals surface area contributed by atoms with Gasteiger partial charge in [0.1, 0.15) is 5.60 Å². The molecule has 7 heteroatoms. The molecule has 0 aliphatic rings. The van der Waals surface area contributed by atoms with Gasteiger partial charge < -0.3 is 21.1 Å². The summed E-state index contributed by atoms with van der Waals surface area (Å²) in [5, 5.41) is 5.98. The first-order valence-corrected chi connectivity index (χ1v) is 6.23. The van der Waals surface area contributed by atoms with Crippen LogP contribution in [0.5, 0.6) is 0 Å². The van der Waals surface area contributed by atoms with Gasteiger partial charge in [0.05, 0.1) is 0 Å². The fourth-order valence-corrected chi connectivity index (χ4v) is 1.15. The van der Waals surface area contributed by atoms with Crippen molar-refractivity contribution in [2.45, 2.75) is 32.8 Å². The molecule has 0 aliphatic carbocycles. The van der Waals surface area contributed by atoms with Crippen LogP contribution in [0.3, 0.4) is 0 Å². The van der Waals surface area contributed by atoms with Crippen molar-refractivity contribution in [3.05, 3.63) is 0 Å². The van der Waals surface area contributed by atoms with Gasteiger partial charge in [0.15, 0.2) is 5.11 Å². The van der Waals surface area contributed by atoms with Gasteiger partial charge in [-0.1, -0.05) is 0 Å². The second kappa shape index (κ2) is 8.82. The average molecular weight is 274 g/mol. The molecule has 1 amide bonds. The minimum Gasteiger partial charge on any atom is -0.444 e. The summed E-state index contributed by atoms with van der Waals surface area (Å²) >= 11 is 4.92. The average Bonchev–Trinajstić information content (AvgIpc) is 2.23. The third kappa shape index (κ3) is 11.3. The lowest BCUT2D eigenvalue weighted by Crippen LogP contribution is -2.34. The van der Waals surface area contributed by atoms with Gasteiger partial charge in [-0.2, -0.15) is 0 Å². The predicted molar refractivity (Wildman–Crippen MR) is 77.0 cm³/mol. The molecule has 0 saturated heterocycles. The largest absolute Gasteiger partial charge is 0.444 e. The summed E-state index contributed by atoms with van der Waals surface area (Å²) in [5.41, 5.74) is 4.77. The van der Waals surface area contributed by atoms with E-state index in [1.54, 1.807) is 0 Å². The quantitative estimate of drug-likeness (QED) is 0.392. The van der Waals surface area contributed by atoms with E-state index in [0.717, 1.165) is 6.42 Å². The highest BCUT2D eigenvalue weighted by molar-refractivity contribution is 7.80. The Hall–Kier alpha value is -1.21. The number of hydrogen-bond donors (Lipinski definition) is 3. The Kier molecular flexibility index (Phi) is 8.23. The van der Waals surface area contributed by atoms with Crippen LogP contribution in [-0.2, 0) is 4.74 Å². The number of carbonyl (C=O) groups is 1. The van der Waals surface area contributed by atoms with E-state index in [0.29, 0.717) is 24.7 Å². The Bertz CT molecular complexity index is 300. The number of ether oxygens (including phenoxy) is 1. The Balaban J connectivity index is 3.54. The maximum Gasteiger partial charge on any atom is 0.407 e. The van der Waals surface area contributed by atoms with Crippen LogP contribution in [0.25, 0.3) is 0 Å². The maximum atomic E-state index is 11.3. The summed E-state index contributed by atoms with van der Waals surface area (Å²) in [6.07, 6.45) is 1.86. The fraction of sp³-hybridized carbons (Fsp3) is 0.727. The van der Waals surface area contributed by atoms with Crippen LogP contribution in [0.4, 0.5) is 4.79 Å². The molecule has 0 aromatic carbocycles. The van der Waals surface area contributed by atoms with E-state index >= 15 is 0 Å². The van der Waals surface area contributed by atoms with Crippen molar-refractivity contribution >= 4 is 29.6 Å². The van der Waals surface area contributed by atoms with E-state index in [1.807, 2.05) is 20.8 Å². The van der Waals surface area contributed by atoms with Crippen LogP contribution in [-0.4, -0.2) is 42.7 Å². The molecule has 0 aromatic rings. The molecule has 0 aromatic heterocycles. The van der Waals surface area contributed by atoms with Crippen molar-refractivity contribution in [1.82, 2.24) is 10.6 Å². The molecular weight excluding hydrogens is 252 g/mol. The van der Waals surface area contributed by atoms with Gasteiger partial charge in [-0.15, -0.1) is 0 Å². The molecule has 0 atom stereocenters. The van der Waals surface area contributed by atoms with Crippen molar-refractivity contribution in [2.24, 2.45) is 10.7 Å². The van der Waals surface area contributed by atoms with E-state index in [-0.39, 0.29) is 0 Å². The minimum atomic E-state index is -0.471. The number of alkyl carbamates (subject to hydrolysis) is 1. The highest BCUT2D eigenvalue weighted by atomic mass is 32.1. The van der Waals surface area contributed by atoms with Crippen LogP contribution < -0.4 is 16.4 Å². The monoisotopic (exact) mass is 274 g/mol. The first-order valence-electron chi connectivity index (χ1n) is 5.82. The van der Waals surface area contributed by atoms with Gasteiger partial charge in [-0.25, -0.2) is 9.79 Å². The molecule has 4 N–H and O–H groups in total. The van der Waals surface area contributed by atoms with Crippen molar-refractivity contribution in [3.8, 4) is 0 Å². The Morgan fingerprint density at radius 1 is 1.39 bits per heavy atom. The number of nitrogens with two attached hydrogens (primary N) is 1. The standard InChI is InChI=1S/C11H22N4O2S/c1-11(2,3)17-10(16)15-7-4-6-13-9(18)14-8-5-12/h8H,4-7,12H2,1-3H3,(H,13,18)(H,15,16). The number of aliphatic imine (C=N–C) groups is 1. The first-order chi connectivity index (χ1) is 8.35. The Morgan fingerprint density at radius 3 is 2.56 bits per heavy atom. The van der Waals surface area contributed by atoms with Gasteiger partial charge in [0, 0.05) is 25.8 Å². The molecule has 0 unspecified atom stereocenters. The normalized spacial score (nSPS) is 11.3. The van der Waals surface area contributed by atoms with Gasteiger partial charge in [-0.3, -0.25) is 0 Å². The molecule has 0 bridgehead atoms. The molecule has 0 saturated carbocycles. The van der Waals surface area contributed by atoms with Gasteiger partial charge in [0.25, 0.3) is 0 Å². The van der Waals surface area contributed by atoms with Crippen LogP contribution in [0.2, 0.25) is 0 Å². The highest BCUT2D eigenvalue weighted by Crippen LogP contribution is 2.06. The molecule has 0 radical (unpaired) electrons. The van der Waals surface area contributed by atoms with Crippen molar-refractivity contribution in [3.63, 3.8) is 0 Å². The lowest BCUT2D eigenvalue weighted by molar-refractivity contribution is 0.0527. The third-order valence-corrected chi connectivity index (χ3v) is 1.86. The number of thiocarbonyl (C=S) groups is 1. The smallest absolute Gasteiger partial charge is 0.407 e. The SMILES string of the molecule is CC(C)(C)OC(=O)NCCCNC(=S)N=CCN. The van der Waals surface area contributed by atoms with Crippen LogP contribution >= 0.6 is 12.2 Å². The highest BCUT2D eigenvalue weighted by Gasteiger charge is 2.15. The number of nitrogens with one attached hydrogen (secondary N) is 2. The second-order valence-corrected chi connectivity index (χ2v) is 4.95. The van der Waals surface area contributed by atoms with Crippen molar-refractivity contribution in [2.75, 3.05) is 19.6 Å². The number of amides is 1. The summed E-state index contributed by atoms with van der Waals surface area (Å²) in [6.45, 7) is 6.98. The third-order valence-electron chi connectivity index (χ3n) is 1.61. The zero-order valence-corrected chi connectivity index (χ0v) is 12.0. The van der Waals surface area contributed by atoms with E-state index < -0.39 is 11.7 Å². The van der Waals surface area contributed by atoms with E-state index in [2.05, 4.69) is 15.6 Å². The molecular formula is C11H22N4O2S. The topological polar surface area (TPSA) is 88.7 Å². The summed E-state index contributed by atoms with van der Waals surface area (Å²) in [5.74, 6) is 0. The Morgan fingerprint density at radius 2 is 2.00 bits per heavy atom. The molecule has 104 valence electrons. The van der Waals surface area contributed by atoms with Crippen LogP contribution in [0.1, 0.15) is 27.2 Å². The van der Waals surface area contributed by atoms with E-state index in [4.69, 9.17) is 22.7 Å². The maximum absolute atomic E-state index is 11.3. The number of rotatable bonds is 5.